The molecule has 144 valence electrons. The highest BCUT2D eigenvalue weighted by Gasteiger charge is 2.23. The van der Waals surface area contributed by atoms with Crippen molar-refractivity contribution in [3.63, 3.8) is 0 Å². The molecule has 0 aliphatic carbocycles. The standard InChI is InChI=1S/C22H27NO4/c24-22(15-19-7-3-1-4-8-19)27-21(16-23-11-13-25-14-12-23)18-26-17-20-9-5-2-6-10-20/h1-10,21H,11-18H2/p+1. The third-order valence-corrected chi connectivity index (χ3v) is 4.62. The van der Waals surface area contributed by atoms with Gasteiger partial charge in [-0.2, -0.15) is 0 Å². The molecule has 1 N–H and O–H groups in total. The normalized spacial score (nSPS) is 16.0. The van der Waals surface area contributed by atoms with E-state index in [-0.39, 0.29) is 18.5 Å². The Bertz CT molecular complexity index is 671. The van der Waals surface area contributed by atoms with E-state index in [1.807, 2.05) is 60.7 Å². The van der Waals surface area contributed by atoms with E-state index in [9.17, 15) is 4.79 Å². The summed E-state index contributed by atoms with van der Waals surface area (Å²) in [6.07, 6.45) is 0.0344. The topological polar surface area (TPSA) is 49.2 Å². The summed E-state index contributed by atoms with van der Waals surface area (Å²) < 4.78 is 17.0. The zero-order chi connectivity index (χ0) is 18.7. The van der Waals surface area contributed by atoms with Crippen LogP contribution in [0.15, 0.2) is 60.7 Å². The van der Waals surface area contributed by atoms with Crippen LogP contribution in [0.3, 0.4) is 0 Å². The molecule has 2 aromatic carbocycles. The number of hydrogen-bond donors (Lipinski definition) is 1. The van der Waals surface area contributed by atoms with E-state index in [4.69, 9.17) is 14.2 Å². The quantitative estimate of drug-likeness (QED) is 0.676. The number of hydrogen-bond acceptors (Lipinski definition) is 4. The lowest BCUT2D eigenvalue weighted by Gasteiger charge is -2.27. The van der Waals surface area contributed by atoms with Crippen LogP contribution < -0.4 is 4.90 Å². The van der Waals surface area contributed by atoms with Gasteiger partial charge in [-0.15, -0.1) is 0 Å². The molecular weight excluding hydrogens is 342 g/mol. The van der Waals surface area contributed by atoms with E-state index < -0.39 is 0 Å². The smallest absolute Gasteiger partial charge is 0.310 e. The van der Waals surface area contributed by atoms with Crippen LogP contribution in [0.5, 0.6) is 0 Å². The van der Waals surface area contributed by atoms with Crippen LogP contribution in [0.1, 0.15) is 11.1 Å². The molecule has 1 saturated heterocycles. The number of ether oxygens (including phenoxy) is 3. The molecule has 1 heterocycles. The summed E-state index contributed by atoms with van der Waals surface area (Å²) >= 11 is 0. The van der Waals surface area contributed by atoms with Gasteiger partial charge in [-0.1, -0.05) is 60.7 Å². The van der Waals surface area contributed by atoms with Crippen molar-refractivity contribution in [3.8, 4) is 0 Å². The third-order valence-electron chi connectivity index (χ3n) is 4.62. The zero-order valence-corrected chi connectivity index (χ0v) is 15.6. The van der Waals surface area contributed by atoms with Gasteiger partial charge in [-0.25, -0.2) is 0 Å². The van der Waals surface area contributed by atoms with Gasteiger partial charge in [-0.05, 0) is 11.1 Å². The number of rotatable bonds is 9. The maximum absolute atomic E-state index is 12.4. The van der Waals surface area contributed by atoms with Crippen LogP contribution in [-0.4, -0.2) is 51.5 Å². The van der Waals surface area contributed by atoms with Crippen molar-refractivity contribution in [3.05, 3.63) is 71.8 Å². The Morgan fingerprint density at radius 3 is 2.26 bits per heavy atom. The third kappa shape index (κ3) is 7.13. The molecular formula is C22H28NO4+. The molecule has 1 aliphatic heterocycles. The van der Waals surface area contributed by atoms with E-state index >= 15 is 0 Å². The Labute approximate surface area is 160 Å². The molecule has 0 aromatic heterocycles. The lowest BCUT2D eigenvalue weighted by molar-refractivity contribution is -0.910. The lowest BCUT2D eigenvalue weighted by Crippen LogP contribution is -3.15. The summed E-state index contributed by atoms with van der Waals surface area (Å²) in [6, 6.07) is 19.7. The molecule has 0 saturated carbocycles. The summed E-state index contributed by atoms with van der Waals surface area (Å²) in [6.45, 7) is 5.05. The van der Waals surface area contributed by atoms with Crippen LogP contribution >= 0.6 is 0 Å². The first-order chi connectivity index (χ1) is 13.3. The fourth-order valence-electron chi connectivity index (χ4n) is 3.19. The minimum atomic E-state index is -0.252. The van der Waals surface area contributed by atoms with Gasteiger partial charge in [-0.3, -0.25) is 4.79 Å². The second-order valence-corrected chi connectivity index (χ2v) is 6.84. The maximum atomic E-state index is 12.4. The van der Waals surface area contributed by atoms with Gasteiger partial charge in [0.2, 0.25) is 0 Å². The first-order valence-electron chi connectivity index (χ1n) is 9.56. The molecule has 5 nitrogen and oxygen atoms in total. The predicted molar refractivity (Wildman–Crippen MR) is 103 cm³/mol. The SMILES string of the molecule is O=C(Cc1ccccc1)OC(COCc1ccccc1)C[NH+]1CCOCC1. The van der Waals surface area contributed by atoms with Crippen molar-refractivity contribution >= 4 is 5.97 Å². The fraction of sp³-hybridized carbons (Fsp3) is 0.409. The van der Waals surface area contributed by atoms with E-state index in [0.717, 1.165) is 44.0 Å². The zero-order valence-electron chi connectivity index (χ0n) is 15.6. The Hall–Kier alpha value is -2.21. The van der Waals surface area contributed by atoms with Crippen molar-refractivity contribution in [2.75, 3.05) is 39.5 Å². The molecule has 5 heteroatoms. The predicted octanol–water partition coefficient (Wildman–Crippen LogP) is 1.27. The summed E-state index contributed by atoms with van der Waals surface area (Å²) in [5.41, 5.74) is 2.08. The van der Waals surface area contributed by atoms with Crippen LogP contribution in [0.4, 0.5) is 0 Å². The molecule has 1 fully saturated rings. The van der Waals surface area contributed by atoms with Crippen LogP contribution in [0.2, 0.25) is 0 Å². The minimum absolute atomic E-state index is 0.206. The number of benzene rings is 2. The first kappa shape index (κ1) is 19.5. The van der Waals surface area contributed by atoms with Gasteiger partial charge in [0.1, 0.15) is 19.6 Å². The van der Waals surface area contributed by atoms with Gasteiger partial charge in [0.15, 0.2) is 6.10 Å². The molecule has 0 radical (unpaired) electrons. The maximum Gasteiger partial charge on any atom is 0.310 e. The Kier molecular flexibility index (Phi) is 7.84. The van der Waals surface area contributed by atoms with Crippen molar-refractivity contribution < 1.29 is 23.9 Å². The monoisotopic (exact) mass is 370 g/mol. The van der Waals surface area contributed by atoms with Crippen molar-refractivity contribution in [1.29, 1.82) is 0 Å². The Morgan fingerprint density at radius 1 is 0.963 bits per heavy atom. The number of nitrogens with one attached hydrogen (secondary N) is 1. The molecule has 1 unspecified atom stereocenters. The highest BCUT2D eigenvalue weighted by atomic mass is 16.6. The summed E-state index contributed by atoms with van der Waals surface area (Å²) in [5, 5.41) is 0. The van der Waals surface area contributed by atoms with Crippen LogP contribution in [0.25, 0.3) is 0 Å². The summed E-state index contributed by atoms with van der Waals surface area (Å²) in [7, 11) is 0. The van der Waals surface area contributed by atoms with Crippen LogP contribution in [0, 0.1) is 0 Å². The number of esters is 1. The second kappa shape index (κ2) is 10.8. The Morgan fingerprint density at radius 2 is 1.59 bits per heavy atom. The number of morpholine rings is 1. The first-order valence-corrected chi connectivity index (χ1v) is 9.56. The van der Waals surface area contributed by atoms with E-state index in [1.54, 1.807) is 0 Å². The molecule has 0 bridgehead atoms. The largest absolute Gasteiger partial charge is 0.454 e. The summed E-state index contributed by atoms with van der Waals surface area (Å²) in [5.74, 6) is -0.206. The molecule has 1 atom stereocenters. The average Bonchev–Trinajstić information content (AvgIpc) is 2.70. The number of quaternary nitrogens is 1. The second-order valence-electron chi connectivity index (χ2n) is 6.84. The molecule has 1 aliphatic rings. The molecule has 0 amide bonds. The van der Waals surface area contributed by atoms with E-state index in [1.165, 1.54) is 4.90 Å². The highest BCUT2D eigenvalue weighted by molar-refractivity contribution is 5.72. The van der Waals surface area contributed by atoms with Gasteiger partial charge < -0.3 is 19.1 Å². The number of carbonyl (C=O) groups is 1. The fourth-order valence-corrected chi connectivity index (χ4v) is 3.19. The van der Waals surface area contributed by atoms with Crippen molar-refractivity contribution in [2.24, 2.45) is 0 Å². The molecule has 3 rings (SSSR count). The van der Waals surface area contributed by atoms with Crippen LogP contribution in [-0.2, 0) is 32.0 Å². The van der Waals surface area contributed by atoms with Crippen molar-refractivity contribution in [1.82, 2.24) is 0 Å². The Balaban J connectivity index is 1.52. The summed E-state index contributed by atoms with van der Waals surface area (Å²) in [4.78, 5) is 13.8. The van der Waals surface area contributed by atoms with E-state index in [2.05, 4.69) is 0 Å². The lowest BCUT2D eigenvalue weighted by atomic mass is 10.1. The minimum Gasteiger partial charge on any atom is -0.454 e. The number of carbonyl (C=O) groups excluding carboxylic acids is 1. The average molecular weight is 370 g/mol. The van der Waals surface area contributed by atoms with E-state index in [0.29, 0.717) is 13.2 Å². The van der Waals surface area contributed by atoms with Gasteiger partial charge >= 0.3 is 5.97 Å². The van der Waals surface area contributed by atoms with Gasteiger partial charge in [0.25, 0.3) is 0 Å². The molecule has 2 aromatic rings. The molecule has 0 spiro atoms. The molecule has 27 heavy (non-hydrogen) atoms. The van der Waals surface area contributed by atoms with Gasteiger partial charge in [0, 0.05) is 0 Å². The highest BCUT2D eigenvalue weighted by Crippen LogP contribution is 2.05. The van der Waals surface area contributed by atoms with Crippen molar-refractivity contribution in [2.45, 2.75) is 19.1 Å². The van der Waals surface area contributed by atoms with Gasteiger partial charge in [0.05, 0.1) is 32.8 Å².